The molecule has 6 nitrogen and oxygen atoms in total. The van der Waals surface area contributed by atoms with Crippen LogP contribution in [-0.4, -0.2) is 46.0 Å². The third kappa shape index (κ3) is 3.15. The summed E-state index contributed by atoms with van der Waals surface area (Å²) in [5, 5.41) is 8.25. The third-order valence-electron chi connectivity index (χ3n) is 4.32. The minimum absolute atomic E-state index is 0.175. The smallest absolute Gasteiger partial charge is 0.226 e. The van der Waals surface area contributed by atoms with Crippen molar-refractivity contribution in [1.82, 2.24) is 19.9 Å². The number of allylic oxidation sites excluding steroid dienone is 2. The Morgan fingerprint density at radius 3 is 3.10 bits per heavy atom. The van der Waals surface area contributed by atoms with Gasteiger partial charge >= 0.3 is 0 Å². The lowest BCUT2D eigenvalue weighted by Crippen LogP contribution is -2.35. The van der Waals surface area contributed by atoms with Gasteiger partial charge in [0.2, 0.25) is 5.91 Å². The highest BCUT2D eigenvalue weighted by molar-refractivity contribution is 5.79. The molecule has 1 aromatic heterocycles. The second-order valence-corrected chi connectivity index (χ2v) is 5.83. The van der Waals surface area contributed by atoms with Crippen LogP contribution in [0, 0.1) is 5.92 Å². The molecule has 114 valence electrons. The number of rotatable bonds is 4. The fourth-order valence-corrected chi connectivity index (χ4v) is 3.14. The van der Waals surface area contributed by atoms with Crippen molar-refractivity contribution < 1.29 is 9.53 Å². The Bertz CT molecular complexity index is 525. The van der Waals surface area contributed by atoms with Gasteiger partial charge in [0.1, 0.15) is 5.69 Å². The summed E-state index contributed by atoms with van der Waals surface area (Å²) in [5.74, 6) is 0.479. The summed E-state index contributed by atoms with van der Waals surface area (Å²) in [7, 11) is 1.65. The van der Waals surface area contributed by atoms with Gasteiger partial charge in [0.25, 0.3) is 0 Å². The molecule has 0 aromatic carbocycles. The van der Waals surface area contributed by atoms with E-state index in [1.165, 1.54) is 0 Å². The van der Waals surface area contributed by atoms with Crippen LogP contribution in [0.1, 0.15) is 37.4 Å². The molecule has 0 unspecified atom stereocenters. The number of hydrogen-bond acceptors (Lipinski definition) is 4. The number of ether oxygens (including phenoxy) is 1. The van der Waals surface area contributed by atoms with E-state index in [4.69, 9.17) is 4.74 Å². The largest absolute Gasteiger partial charge is 0.378 e. The fraction of sp³-hybridized carbons (Fsp3) is 0.667. The van der Waals surface area contributed by atoms with Crippen molar-refractivity contribution in [1.29, 1.82) is 0 Å². The second kappa shape index (κ2) is 6.39. The standard InChI is InChI=1S/C15H22N4O2/c1-21-11-13-9-19(17-16-13)14-7-8-18(10-14)15(20)12-5-3-2-4-6-12/h2-3,9,12,14H,4-8,10-11H2,1H3/t12-,14+/m1/s1. The molecule has 6 heteroatoms. The molecule has 0 bridgehead atoms. The molecule has 2 aliphatic rings. The Kier molecular flexibility index (Phi) is 4.34. The van der Waals surface area contributed by atoms with Crippen molar-refractivity contribution in [2.45, 2.75) is 38.3 Å². The van der Waals surface area contributed by atoms with Crippen LogP contribution in [-0.2, 0) is 16.1 Å². The van der Waals surface area contributed by atoms with Gasteiger partial charge in [-0.25, -0.2) is 4.68 Å². The zero-order chi connectivity index (χ0) is 14.7. The first-order chi connectivity index (χ1) is 10.3. The zero-order valence-electron chi connectivity index (χ0n) is 12.4. The van der Waals surface area contributed by atoms with E-state index in [1.54, 1.807) is 7.11 Å². The minimum Gasteiger partial charge on any atom is -0.378 e. The first-order valence-electron chi connectivity index (χ1n) is 7.61. The van der Waals surface area contributed by atoms with E-state index in [0.29, 0.717) is 12.5 Å². The molecular weight excluding hydrogens is 268 g/mol. The molecule has 0 saturated carbocycles. The molecule has 21 heavy (non-hydrogen) atoms. The molecule has 3 rings (SSSR count). The van der Waals surface area contributed by atoms with E-state index in [1.807, 2.05) is 15.8 Å². The fourth-order valence-electron chi connectivity index (χ4n) is 3.14. The van der Waals surface area contributed by atoms with Gasteiger partial charge in [-0.2, -0.15) is 0 Å². The predicted molar refractivity (Wildman–Crippen MR) is 77.5 cm³/mol. The summed E-state index contributed by atoms with van der Waals surface area (Å²) in [6.45, 7) is 2.04. The summed E-state index contributed by atoms with van der Waals surface area (Å²) >= 11 is 0. The molecule has 2 atom stereocenters. The van der Waals surface area contributed by atoms with Gasteiger partial charge in [-0.1, -0.05) is 17.4 Å². The molecule has 0 spiro atoms. The second-order valence-electron chi connectivity index (χ2n) is 5.83. The Morgan fingerprint density at radius 1 is 1.43 bits per heavy atom. The van der Waals surface area contributed by atoms with Crippen LogP contribution < -0.4 is 0 Å². The number of hydrogen-bond donors (Lipinski definition) is 0. The van der Waals surface area contributed by atoms with Crippen LogP contribution in [0.4, 0.5) is 0 Å². The lowest BCUT2D eigenvalue weighted by atomic mass is 9.93. The molecule has 1 aliphatic heterocycles. The van der Waals surface area contributed by atoms with Crippen molar-refractivity contribution in [3.8, 4) is 0 Å². The van der Waals surface area contributed by atoms with Crippen LogP contribution in [0.2, 0.25) is 0 Å². The summed E-state index contributed by atoms with van der Waals surface area (Å²) in [4.78, 5) is 14.5. The van der Waals surface area contributed by atoms with Crippen LogP contribution >= 0.6 is 0 Å². The van der Waals surface area contributed by atoms with Crippen LogP contribution in [0.5, 0.6) is 0 Å². The summed E-state index contributed by atoms with van der Waals surface area (Å²) < 4.78 is 6.93. The topological polar surface area (TPSA) is 60.2 Å². The molecule has 0 radical (unpaired) electrons. The highest BCUT2D eigenvalue weighted by Gasteiger charge is 2.31. The lowest BCUT2D eigenvalue weighted by molar-refractivity contribution is -0.134. The molecule has 1 aromatic rings. The number of methoxy groups -OCH3 is 1. The monoisotopic (exact) mass is 290 g/mol. The first-order valence-corrected chi connectivity index (χ1v) is 7.61. The quantitative estimate of drug-likeness (QED) is 0.790. The van der Waals surface area contributed by atoms with Gasteiger partial charge in [-0.3, -0.25) is 4.79 Å². The SMILES string of the molecule is COCc1cn([C@H]2CCN(C(=O)[C@@H]3CC=CCC3)C2)nn1. The Hall–Kier alpha value is -1.69. The highest BCUT2D eigenvalue weighted by Crippen LogP contribution is 2.26. The van der Waals surface area contributed by atoms with Gasteiger partial charge in [-0.15, -0.1) is 5.10 Å². The Labute approximate surface area is 124 Å². The maximum atomic E-state index is 12.5. The van der Waals surface area contributed by atoms with Crippen LogP contribution in [0.25, 0.3) is 0 Å². The van der Waals surface area contributed by atoms with E-state index < -0.39 is 0 Å². The molecule has 1 amide bonds. The number of nitrogens with zero attached hydrogens (tertiary/aromatic N) is 4. The van der Waals surface area contributed by atoms with E-state index in [-0.39, 0.29) is 12.0 Å². The van der Waals surface area contributed by atoms with Crippen molar-refractivity contribution in [2.75, 3.05) is 20.2 Å². The van der Waals surface area contributed by atoms with Gasteiger partial charge in [0.15, 0.2) is 0 Å². The third-order valence-corrected chi connectivity index (χ3v) is 4.32. The Balaban J connectivity index is 1.59. The average molecular weight is 290 g/mol. The van der Waals surface area contributed by atoms with Gasteiger partial charge in [0.05, 0.1) is 18.8 Å². The van der Waals surface area contributed by atoms with E-state index >= 15 is 0 Å². The molecule has 2 heterocycles. The summed E-state index contributed by atoms with van der Waals surface area (Å²) in [6.07, 6.45) is 10.1. The van der Waals surface area contributed by atoms with Crippen molar-refractivity contribution >= 4 is 5.91 Å². The first kappa shape index (κ1) is 14.3. The van der Waals surface area contributed by atoms with Crippen molar-refractivity contribution in [3.05, 3.63) is 24.0 Å². The molecular formula is C15H22N4O2. The molecule has 1 aliphatic carbocycles. The highest BCUT2D eigenvalue weighted by atomic mass is 16.5. The van der Waals surface area contributed by atoms with Crippen LogP contribution in [0.3, 0.4) is 0 Å². The van der Waals surface area contributed by atoms with Gasteiger partial charge < -0.3 is 9.64 Å². The average Bonchev–Trinajstić information content (AvgIpc) is 3.16. The lowest BCUT2D eigenvalue weighted by Gasteiger charge is -2.24. The number of amides is 1. The van der Waals surface area contributed by atoms with Crippen molar-refractivity contribution in [2.24, 2.45) is 5.92 Å². The van der Waals surface area contributed by atoms with Gasteiger partial charge in [0, 0.05) is 26.1 Å². The van der Waals surface area contributed by atoms with Crippen LogP contribution in [0.15, 0.2) is 18.3 Å². The summed E-state index contributed by atoms with van der Waals surface area (Å²) in [6, 6.07) is 0.242. The molecule has 1 fully saturated rings. The number of likely N-dealkylation sites (tertiary alicyclic amines) is 1. The maximum absolute atomic E-state index is 12.5. The number of carbonyl (C=O) groups excluding carboxylic acids is 1. The molecule has 0 N–H and O–H groups in total. The van der Waals surface area contributed by atoms with E-state index in [9.17, 15) is 4.79 Å². The minimum atomic E-state index is 0.175. The van der Waals surface area contributed by atoms with E-state index in [0.717, 1.165) is 44.5 Å². The van der Waals surface area contributed by atoms with Crippen molar-refractivity contribution in [3.63, 3.8) is 0 Å². The molecule has 1 saturated heterocycles. The number of carbonyl (C=O) groups is 1. The maximum Gasteiger partial charge on any atom is 0.226 e. The Morgan fingerprint density at radius 2 is 2.33 bits per heavy atom. The van der Waals surface area contributed by atoms with Gasteiger partial charge in [-0.05, 0) is 25.7 Å². The summed E-state index contributed by atoms with van der Waals surface area (Å²) in [5.41, 5.74) is 0.833. The van der Waals surface area contributed by atoms with E-state index in [2.05, 4.69) is 22.5 Å². The normalized spacial score (nSPS) is 25.5. The predicted octanol–water partition coefficient (Wildman–Crippen LogP) is 1.55. The zero-order valence-corrected chi connectivity index (χ0v) is 12.4. The number of aromatic nitrogens is 3.